The summed E-state index contributed by atoms with van der Waals surface area (Å²) in [6.07, 6.45) is 2.55. The molecule has 29 heavy (non-hydrogen) atoms. The van der Waals surface area contributed by atoms with Crippen LogP contribution in [0.2, 0.25) is 0 Å². The van der Waals surface area contributed by atoms with Gasteiger partial charge in [-0.25, -0.2) is 9.98 Å². The molecule has 0 amide bonds. The summed E-state index contributed by atoms with van der Waals surface area (Å²) in [6, 6.07) is 16.3. The third-order valence-electron chi connectivity index (χ3n) is 4.59. The number of fused-ring (bicyclic) bond motifs is 1. The van der Waals surface area contributed by atoms with Crippen molar-refractivity contribution < 1.29 is 4.74 Å². The smallest absolute Gasteiger partial charge is 0.191 e. The first kappa shape index (κ1) is 21.1. The molecule has 2 aromatic carbocycles. The summed E-state index contributed by atoms with van der Waals surface area (Å²) in [4.78, 5) is 8.91. The first-order valence-corrected chi connectivity index (χ1v) is 9.53. The number of nitrogens with one attached hydrogen (secondary N) is 3. The van der Waals surface area contributed by atoms with Crippen LogP contribution < -0.4 is 15.4 Å². The number of guanidine groups is 1. The second-order valence-electron chi connectivity index (χ2n) is 6.66. The number of para-hydroxylation sites is 1. The van der Waals surface area contributed by atoms with E-state index in [-0.39, 0.29) is 30.1 Å². The van der Waals surface area contributed by atoms with E-state index in [1.165, 1.54) is 11.9 Å². The highest BCUT2D eigenvalue weighted by Crippen LogP contribution is 2.27. The normalized spacial score (nSPS) is 15.2. The first-order valence-electron chi connectivity index (χ1n) is 9.53. The lowest BCUT2D eigenvalue weighted by Gasteiger charge is -2.15. The maximum absolute atomic E-state index is 5.99. The average Bonchev–Trinajstić information content (AvgIpc) is 3.40. The highest BCUT2D eigenvalue weighted by atomic mass is 127. The van der Waals surface area contributed by atoms with Crippen molar-refractivity contribution in [2.45, 2.75) is 26.0 Å². The van der Waals surface area contributed by atoms with Crippen molar-refractivity contribution >= 4 is 29.9 Å². The fourth-order valence-electron chi connectivity index (χ4n) is 3.25. The molecule has 7 nitrogen and oxygen atoms in total. The third kappa shape index (κ3) is 5.47. The molecular formula is C21H25IN6O. The van der Waals surface area contributed by atoms with Gasteiger partial charge < -0.3 is 15.4 Å². The lowest BCUT2D eigenvalue weighted by molar-refractivity contribution is 0.235. The summed E-state index contributed by atoms with van der Waals surface area (Å²) >= 11 is 0. The SMILES string of the molecule is CCNC(=NCc1cccc(-c2ncn[nH]2)c1)NCC1Cc2ccccc2O1.I. The van der Waals surface area contributed by atoms with Gasteiger partial charge in [-0.05, 0) is 30.2 Å². The number of aromatic nitrogens is 3. The molecule has 0 saturated carbocycles. The van der Waals surface area contributed by atoms with Crippen LogP contribution in [0.5, 0.6) is 5.75 Å². The molecule has 1 aromatic heterocycles. The van der Waals surface area contributed by atoms with E-state index < -0.39 is 0 Å². The molecule has 0 radical (unpaired) electrons. The number of aliphatic imine (C=N–C) groups is 1. The molecule has 3 N–H and O–H groups in total. The summed E-state index contributed by atoms with van der Waals surface area (Å²) in [7, 11) is 0. The molecule has 1 aliphatic heterocycles. The van der Waals surface area contributed by atoms with Crippen LogP contribution in [0.3, 0.4) is 0 Å². The zero-order chi connectivity index (χ0) is 19.2. The van der Waals surface area contributed by atoms with Crippen LogP contribution in [0, 0.1) is 0 Å². The van der Waals surface area contributed by atoms with Gasteiger partial charge in [-0.1, -0.05) is 36.4 Å². The molecule has 0 fully saturated rings. The summed E-state index contributed by atoms with van der Waals surface area (Å²) in [5, 5.41) is 13.5. The fourth-order valence-corrected chi connectivity index (χ4v) is 3.25. The highest BCUT2D eigenvalue weighted by molar-refractivity contribution is 14.0. The van der Waals surface area contributed by atoms with Crippen molar-refractivity contribution in [3.8, 4) is 17.1 Å². The number of rotatable bonds is 6. The van der Waals surface area contributed by atoms with Crippen molar-refractivity contribution in [3.05, 3.63) is 66.0 Å². The molecule has 0 spiro atoms. The number of ether oxygens (including phenoxy) is 1. The largest absolute Gasteiger partial charge is 0.488 e. The Hall–Kier alpha value is -2.62. The number of hydrogen-bond acceptors (Lipinski definition) is 4. The summed E-state index contributed by atoms with van der Waals surface area (Å²) in [5.41, 5.74) is 3.37. The van der Waals surface area contributed by atoms with E-state index in [0.717, 1.165) is 41.6 Å². The third-order valence-corrected chi connectivity index (χ3v) is 4.59. The number of halogens is 1. The van der Waals surface area contributed by atoms with Gasteiger partial charge in [-0.3, -0.25) is 5.10 Å². The number of H-pyrrole nitrogens is 1. The van der Waals surface area contributed by atoms with E-state index in [0.29, 0.717) is 13.1 Å². The Morgan fingerprint density at radius 2 is 2.10 bits per heavy atom. The zero-order valence-electron chi connectivity index (χ0n) is 16.3. The van der Waals surface area contributed by atoms with Crippen molar-refractivity contribution in [3.63, 3.8) is 0 Å². The Morgan fingerprint density at radius 1 is 1.21 bits per heavy atom. The Balaban J connectivity index is 0.00000240. The van der Waals surface area contributed by atoms with Gasteiger partial charge in [-0.2, -0.15) is 5.10 Å². The molecule has 1 unspecified atom stereocenters. The second kappa shape index (κ2) is 10.2. The van der Waals surface area contributed by atoms with Crippen molar-refractivity contribution in [1.29, 1.82) is 0 Å². The lowest BCUT2D eigenvalue weighted by atomic mass is 10.1. The van der Waals surface area contributed by atoms with Gasteiger partial charge in [0.05, 0.1) is 13.1 Å². The molecular weight excluding hydrogens is 479 g/mol. The number of benzene rings is 2. The van der Waals surface area contributed by atoms with E-state index in [1.54, 1.807) is 0 Å². The molecule has 3 aromatic rings. The predicted octanol–water partition coefficient (Wildman–Crippen LogP) is 3.15. The van der Waals surface area contributed by atoms with Gasteiger partial charge in [-0.15, -0.1) is 24.0 Å². The number of nitrogens with zero attached hydrogens (tertiary/aromatic N) is 3. The zero-order valence-corrected chi connectivity index (χ0v) is 18.6. The first-order chi connectivity index (χ1) is 13.8. The minimum atomic E-state index is 0. The Labute approximate surface area is 187 Å². The molecule has 0 aliphatic carbocycles. The van der Waals surface area contributed by atoms with E-state index in [1.807, 2.05) is 24.3 Å². The minimum absolute atomic E-state index is 0. The van der Waals surface area contributed by atoms with Gasteiger partial charge in [0, 0.05) is 18.5 Å². The van der Waals surface area contributed by atoms with E-state index in [2.05, 4.69) is 57.0 Å². The maximum atomic E-state index is 5.99. The predicted molar refractivity (Wildman–Crippen MR) is 125 cm³/mol. The van der Waals surface area contributed by atoms with Crippen LogP contribution in [0.25, 0.3) is 11.4 Å². The van der Waals surface area contributed by atoms with Crippen molar-refractivity contribution in [2.24, 2.45) is 4.99 Å². The molecule has 0 bridgehead atoms. The lowest BCUT2D eigenvalue weighted by Crippen LogP contribution is -2.42. The Bertz CT molecular complexity index is 919. The van der Waals surface area contributed by atoms with Crippen LogP contribution >= 0.6 is 24.0 Å². The second-order valence-corrected chi connectivity index (χ2v) is 6.66. The van der Waals surface area contributed by atoms with Gasteiger partial charge >= 0.3 is 0 Å². The van der Waals surface area contributed by atoms with E-state index in [4.69, 9.17) is 9.73 Å². The van der Waals surface area contributed by atoms with Gasteiger partial charge in [0.15, 0.2) is 11.8 Å². The van der Waals surface area contributed by atoms with Crippen molar-refractivity contribution in [1.82, 2.24) is 25.8 Å². The monoisotopic (exact) mass is 504 g/mol. The molecule has 2 heterocycles. The van der Waals surface area contributed by atoms with Crippen molar-refractivity contribution in [2.75, 3.05) is 13.1 Å². The summed E-state index contributed by atoms with van der Waals surface area (Å²) < 4.78 is 5.99. The molecule has 0 saturated heterocycles. The standard InChI is InChI=1S/C21H24N6O.HI/c1-2-22-21(24-13-18-11-16-7-3-4-9-19(16)28-18)23-12-15-6-5-8-17(10-15)20-25-14-26-27-20;/h3-10,14,18H,2,11-13H2,1H3,(H2,22,23,24)(H,25,26,27);1H. The van der Waals surface area contributed by atoms with Crippen LogP contribution in [0.4, 0.5) is 0 Å². The quantitative estimate of drug-likeness (QED) is 0.273. The van der Waals surface area contributed by atoms with Crippen LogP contribution in [0.15, 0.2) is 59.9 Å². The van der Waals surface area contributed by atoms with E-state index >= 15 is 0 Å². The minimum Gasteiger partial charge on any atom is -0.488 e. The Kier molecular flexibility index (Phi) is 7.45. The van der Waals surface area contributed by atoms with Crippen LogP contribution in [-0.2, 0) is 13.0 Å². The van der Waals surface area contributed by atoms with Gasteiger partial charge in [0.25, 0.3) is 0 Å². The average molecular weight is 504 g/mol. The molecule has 8 heteroatoms. The van der Waals surface area contributed by atoms with Crippen LogP contribution in [0.1, 0.15) is 18.1 Å². The summed E-state index contributed by atoms with van der Waals surface area (Å²) in [6.45, 7) is 4.14. The number of aromatic amines is 1. The fraction of sp³-hybridized carbons (Fsp3) is 0.286. The topological polar surface area (TPSA) is 87.2 Å². The number of hydrogen-bond donors (Lipinski definition) is 3. The molecule has 1 atom stereocenters. The molecule has 1 aliphatic rings. The Morgan fingerprint density at radius 3 is 2.90 bits per heavy atom. The van der Waals surface area contributed by atoms with Crippen LogP contribution in [-0.4, -0.2) is 40.3 Å². The molecule has 152 valence electrons. The van der Waals surface area contributed by atoms with Gasteiger partial charge in [0.1, 0.15) is 18.2 Å². The maximum Gasteiger partial charge on any atom is 0.191 e. The highest BCUT2D eigenvalue weighted by Gasteiger charge is 2.22. The van der Waals surface area contributed by atoms with Gasteiger partial charge in [0.2, 0.25) is 0 Å². The summed E-state index contributed by atoms with van der Waals surface area (Å²) in [5.74, 6) is 2.53. The molecule has 4 rings (SSSR count). The van der Waals surface area contributed by atoms with E-state index in [9.17, 15) is 0 Å².